The van der Waals surface area contributed by atoms with E-state index in [1.165, 1.54) is 5.56 Å². The first-order valence-electron chi connectivity index (χ1n) is 7.33. The van der Waals surface area contributed by atoms with Gasteiger partial charge in [0, 0.05) is 17.8 Å². The van der Waals surface area contributed by atoms with Crippen molar-refractivity contribution in [3.63, 3.8) is 0 Å². The van der Waals surface area contributed by atoms with Crippen molar-refractivity contribution in [2.45, 2.75) is 26.8 Å². The Bertz CT molecular complexity index is 761. The Kier molecular flexibility index (Phi) is 3.76. The standard InChI is InChI=1S/C18H20N2O/c1-4-20-17(15-11-19-9-8-12(15)2)16-10-14-7-5-6-13(3)18(14)21-16/h5-11,17,20H,4H2,1-3H3. The van der Waals surface area contributed by atoms with Crippen molar-refractivity contribution >= 4 is 11.0 Å². The lowest BCUT2D eigenvalue weighted by Crippen LogP contribution is -2.22. The summed E-state index contributed by atoms with van der Waals surface area (Å²) in [4.78, 5) is 4.26. The molecule has 108 valence electrons. The molecule has 0 bridgehead atoms. The lowest BCUT2D eigenvalue weighted by atomic mass is 10.0. The highest BCUT2D eigenvalue weighted by atomic mass is 16.3. The minimum Gasteiger partial charge on any atom is -0.459 e. The molecule has 0 aliphatic rings. The molecule has 0 amide bonds. The zero-order chi connectivity index (χ0) is 14.8. The first-order valence-corrected chi connectivity index (χ1v) is 7.33. The van der Waals surface area contributed by atoms with Crippen molar-refractivity contribution < 1.29 is 4.42 Å². The molecule has 3 aromatic rings. The van der Waals surface area contributed by atoms with Crippen LogP contribution in [0.1, 0.15) is 35.4 Å². The third-order valence-electron chi connectivity index (χ3n) is 3.84. The summed E-state index contributed by atoms with van der Waals surface area (Å²) in [7, 11) is 0. The first-order chi connectivity index (χ1) is 10.2. The van der Waals surface area contributed by atoms with Crippen LogP contribution >= 0.6 is 0 Å². The van der Waals surface area contributed by atoms with Gasteiger partial charge in [0.25, 0.3) is 0 Å². The molecule has 21 heavy (non-hydrogen) atoms. The van der Waals surface area contributed by atoms with Gasteiger partial charge in [-0.05, 0) is 49.2 Å². The SMILES string of the molecule is CCNC(c1cc2cccc(C)c2o1)c1cnccc1C. The van der Waals surface area contributed by atoms with E-state index in [9.17, 15) is 0 Å². The summed E-state index contributed by atoms with van der Waals surface area (Å²) in [6, 6.07) is 10.4. The normalized spacial score (nSPS) is 12.7. The van der Waals surface area contributed by atoms with Crippen molar-refractivity contribution in [3.8, 4) is 0 Å². The molecule has 3 rings (SSSR count). The van der Waals surface area contributed by atoms with Crippen molar-refractivity contribution in [3.05, 3.63) is 65.2 Å². The maximum Gasteiger partial charge on any atom is 0.137 e. The molecule has 3 nitrogen and oxygen atoms in total. The van der Waals surface area contributed by atoms with Gasteiger partial charge in [-0.25, -0.2) is 0 Å². The highest BCUT2D eigenvalue weighted by Gasteiger charge is 2.20. The Morgan fingerprint density at radius 2 is 2.05 bits per heavy atom. The van der Waals surface area contributed by atoms with Crippen LogP contribution in [0.2, 0.25) is 0 Å². The molecule has 2 heterocycles. The summed E-state index contributed by atoms with van der Waals surface area (Å²) in [5, 5.41) is 4.65. The van der Waals surface area contributed by atoms with E-state index in [0.29, 0.717) is 0 Å². The number of aryl methyl sites for hydroxylation is 2. The Balaban J connectivity index is 2.11. The minimum absolute atomic E-state index is 0.0375. The lowest BCUT2D eigenvalue weighted by Gasteiger charge is -2.17. The Hall–Kier alpha value is -2.13. The number of fused-ring (bicyclic) bond motifs is 1. The molecular weight excluding hydrogens is 260 g/mol. The zero-order valence-corrected chi connectivity index (χ0v) is 12.7. The molecule has 1 atom stereocenters. The number of furan rings is 1. The maximum absolute atomic E-state index is 6.13. The monoisotopic (exact) mass is 280 g/mol. The average molecular weight is 280 g/mol. The highest BCUT2D eigenvalue weighted by molar-refractivity contribution is 5.81. The molecule has 0 aliphatic heterocycles. The summed E-state index contributed by atoms with van der Waals surface area (Å²) in [5.74, 6) is 0.942. The van der Waals surface area contributed by atoms with Crippen LogP contribution in [0.25, 0.3) is 11.0 Å². The average Bonchev–Trinajstić information content (AvgIpc) is 2.91. The van der Waals surface area contributed by atoms with Gasteiger partial charge < -0.3 is 9.73 Å². The molecule has 3 heteroatoms. The van der Waals surface area contributed by atoms with E-state index in [0.717, 1.165) is 34.4 Å². The van der Waals surface area contributed by atoms with E-state index >= 15 is 0 Å². The Morgan fingerprint density at radius 1 is 1.19 bits per heavy atom. The van der Waals surface area contributed by atoms with Crippen molar-refractivity contribution in [1.82, 2.24) is 10.3 Å². The zero-order valence-electron chi connectivity index (χ0n) is 12.7. The number of hydrogen-bond acceptors (Lipinski definition) is 3. The van der Waals surface area contributed by atoms with Gasteiger partial charge in [-0.3, -0.25) is 4.98 Å². The van der Waals surface area contributed by atoms with Crippen LogP contribution in [0.5, 0.6) is 0 Å². The minimum atomic E-state index is 0.0375. The molecule has 2 aromatic heterocycles. The summed E-state index contributed by atoms with van der Waals surface area (Å²) in [5.41, 5.74) is 4.51. The smallest absolute Gasteiger partial charge is 0.137 e. The van der Waals surface area contributed by atoms with Crippen LogP contribution in [0, 0.1) is 13.8 Å². The largest absolute Gasteiger partial charge is 0.459 e. The van der Waals surface area contributed by atoms with E-state index in [-0.39, 0.29) is 6.04 Å². The second-order valence-corrected chi connectivity index (χ2v) is 5.36. The summed E-state index contributed by atoms with van der Waals surface area (Å²) in [6.45, 7) is 7.16. The summed E-state index contributed by atoms with van der Waals surface area (Å²) >= 11 is 0. The second kappa shape index (κ2) is 5.70. The fraction of sp³-hybridized carbons (Fsp3) is 0.278. The maximum atomic E-state index is 6.13. The van der Waals surface area contributed by atoms with E-state index in [1.54, 1.807) is 0 Å². The quantitative estimate of drug-likeness (QED) is 0.780. The molecule has 0 spiro atoms. The van der Waals surface area contributed by atoms with E-state index in [4.69, 9.17) is 4.42 Å². The van der Waals surface area contributed by atoms with Crippen LogP contribution in [-0.2, 0) is 0 Å². The highest BCUT2D eigenvalue weighted by Crippen LogP contribution is 2.30. The Morgan fingerprint density at radius 3 is 2.76 bits per heavy atom. The molecule has 0 saturated heterocycles. The van der Waals surface area contributed by atoms with Gasteiger partial charge in [0.15, 0.2) is 0 Å². The number of benzene rings is 1. The predicted octanol–water partition coefficient (Wildman–Crippen LogP) is 4.14. The molecule has 1 unspecified atom stereocenters. The molecule has 0 aliphatic carbocycles. The topological polar surface area (TPSA) is 38.1 Å². The van der Waals surface area contributed by atoms with E-state index < -0.39 is 0 Å². The van der Waals surface area contributed by atoms with Gasteiger partial charge in [-0.1, -0.05) is 25.1 Å². The van der Waals surface area contributed by atoms with Gasteiger partial charge in [-0.2, -0.15) is 0 Å². The number of hydrogen-bond donors (Lipinski definition) is 1. The third-order valence-corrected chi connectivity index (χ3v) is 3.84. The van der Waals surface area contributed by atoms with Crippen LogP contribution < -0.4 is 5.32 Å². The number of aromatic nitrogens is 1. The van der Waals surface area contributed by atoms with Crippen molar-refractivity contribution in [2.24, 2.45) is 0 Å². The fourth-order valence-corrected chi connectivity index (χ4v) is 2.72. The summed E-state index contributed by atoms with van der Waals surface area (Å²) in [6.07, 6.45) is 3.74. The molecule has 0 saturated carbocycles. The van der Waals surface area contributed by atoms with Crippen molar-refractivity contribution in [1.29, 1.82) is 0 Å². The number of rotatable bonds is 4. The van der Waals surface area contributed by atoms with Crippen LogP contribution in [0.4, 0.5) is 0 Å². The number of nitrogens with one attached hydrogen (secondary N) is 1. The molecular formula is C18H20N2O. The first kappa shape index (κ1) is 13.8. The number of nitrogens with zero attached hydrogens (tertiary/aromatic N) is 1. The number of para-hydroxylation sites is 1. The predicted molar refractivity (Wildman–Crippen MR) is 85.4 cm³/mol. The number of pyridine rings is 1. The van der Waals surface area contributed by atoms with Gasteiger partial charge in [0.1, 0.15) is 11.3 Å². The molecule has 0 fully saturated rings. The Labute approximate surface area is 125 Å². The third kappa shape index (κ3) is 2.57. The molecule has 0 radical (unpaired) electrons. The molecule has 1 aromatic carbocycles. The van der Waals surface area contributed by atoms with Crippen molar-refractivity contribution in [2.75, 3.05) is 6.54 Å². The van der Waals surface area contributed by atoms with E-state index in [1.807, 2.05) is 18.5 Å². The lowest BCUT2D eigenvalue weighted by molar-refractivity contribution is 0.474. The van der Waals surface area contributed by atoms with Gasteiger partial charge in [0.05, 0.1) is 6.04 Å². The fourth-order valence-electron chi connectivity index (χ4n) is 2.72. The molecule has 1 N–H and O–H groups in total. The van der Waals surface area contributed by atoms with Gasteiger partial charge >= 0.3 is 0 Å². The van der Waals surface area contributed by atoms with Gasteiger partial charge in [0.2, 0.25) is 0 Å². The van der Waals surface area contributed by atoms with Crippen LogP contribution in [-0.4, -0.2) is 11.5 Å². The second-order valence-electron chi connectivity index (χ2n) is 5.36. The summed E-state index contributed by atoms with van der Waals surface area (Å²) < 4.78 is 6.13. The van der Waals surface area contributed by atoms with Crippen LogP contribution in [0.3, 0.4) is 0 Å². The van der Waals surface area contributed by atoms with Crippen LogP contribution in [0.15, 0.2) is 47.1 Å². The van der Waals surface area contributed by atoms with E-state index in [2.05, 4.69) is 55.3 Å². The van der Waals surface area contributed by atoms with Gasteiger partial charge in [-0.15, -0.1) is 0 Å².